The van der Waals surface area contributed by atoms with Crippen LogP contribution in [0.2, 0.25) is 0 Å². The van der Waals surface area contributed by atoms with E-state index < -0.39 is 0 Å². The SMILES string of the molecule is CC(Nc1ccnc(C(=O)NCc2ccc(F)cc2)c1)c1ccccc1. The van der Waals surface area contributed by atoms with Crippen LogP contribution in [0.5, 0.6) is 0 Å². The van der Waals surface area contributed by atoms with Crippen LogP contribution in [0.15, 0.2) is 72.9 Å². The fourth-order valence-corrected chi connectivity index (χ4v) is 2.59. The highest BCUT2D eigenvalue weighted by atomic mass is 19.1. The molecule has 1 unspecified atom stereocenters. The molecule has 0 aliphatic heterocycles. The summed E-state index contributed by atoms with van der Waals surface area (Å²) in [5, 5.41) is 6.17. The average Bonchev–Trinajstić information content (AvgIpc) is 2.68. The summed E-state index contributed by atoms with van der Waals surface area (Å²) in [5.41, 5.74) is 3.14. The standard InChI is InChI=1S/C21H20FN3O/c1-15(17-5-3-2-4-6-17)25-19-11-12-23-20(13-19)21(26)24-14-16-7-9-18(22)10-8-16/h2-13,15H,14H2,1H3,(H,23,25)(H,24,26). The molecule has 1 aromatic heterocycles. The van der Waals surface area contributed by atoms with Gasteiger partial charge in [0.1, 0.15) is 11.5 Å². The van der Waals surface area contributed by atoms with Crippen LogP contribution in [0, 0.1) is 5.82 Å². The molecule has 0 aliphatic carbocycles. The molecule has 1 atom stereocenters. The Kier molecular flexibility index (Phi) is 5.59. The summed E-state index contributed by atoms with van der Waals surface area (Å²) < 4.78 is 12.9. The summed E-state index contributed by atoms with van der Waals surface area (Å²) in [6.45, 7) is 2.38. The van der Waals surface area contributed by atoms with Gasteiger partial charge in [-0.15, -0.1) is 0 Å². The maximum Gasteiger partial charge on any atom is 0.270 e. The molecule has 2 aromatic carbocycles. The molecule has 132 valence electrons. The molecule has 4 nitrogen and oxygen atoms in total. The number of nitrogens with zero attached hydrogens (tertiary/aromatic N) is 1. The molecule has 0 radical (unpaired) electrons. The molecule has 3 rings (SSSR count). The molecule has 0 fully saturated rings. The summed E-state index contributed by atoms with van der Waals surface area (Å²) in [6.07, 6.45) is 1.60. The smallest absolute Gasteiger partial charge is 0.270 e. The van der Waals surface area contributed by atoms with Crippen molar-refractivity contribution in [1.82, 2.24) is 10.3 Å². The molecule has 3 aromatic rings. The first-order chi connectivity index (χ1) is 12.6. The zero-order valence-electron chi connectivity index (χ0n) is 14.4. The summed E-state index contributed by atoms with van der Waals surface area (Å²) >= 11 is 0. The van der Waals surface area contributed by atoms with Gasteiger partial charge >= 0.3 is 0 Å². The predicted molar refractivity (Wildman–Crippen MR) is 100 cm³/mol. The molecule has 1 amide bonds. The van der Waals surface area contributed by atoms with Crippen LogP contribution in [0.25, 0.3) is 0 Å². The second-order valence-electron chi connectivity index (χ2n) is 6.02. The van der Waals surface area contributed by atoms with Crippen molar-refractivity contribution in [2.45, 2.75) is 19.5 Å². The van der Waals surface area contributed by atoms with Crippen LogP contribution < -0.4 is 10.6 Å². The number of pyridine rings is 1. The van der Waals surface area contributed by atoms with E-state index in [2.05, 4.69) is 34.7 Å². The molecule has 0 aliphatic rings. The Morgan fingerprint density at radius 1 is 1.08 bits per heavy atom. The third-order valence-electron chi connectivity index (χ3n) is 4.04. The zero-order chi connectivity index (χ0) is 18.4. The second kappa shape index (κ2) is 8.25. The lowest BCUT2D eigenvalue weighted by atomic mass is 10.1. The number of anilines is 1. The van der Waals surface area contributed by atoms with E-state index in [-0.39, 0.29) is 17.8 Å². The first-order valence-corrected chi connectivity index (χ1v) is 8.42. The van der Waals surface area contributed by atoms with Crippen LogP contribution in [0.1, 0.15) is 34.6 Å². The number of amides is 1. The van der Waals surface area contributed by atoms with Crippen molar-refractivity contribution in [3.8, 4) is 0 Å². The van der Waals surface area contributed by atoms with Crippen molar-refractivity contribution in [2.24, 2.45) is 0 Å². The highest BCUT2D eigenvalue weighted by Gasteiger charge is 2.10. The van der Waals surface area contributed by atoms with E-state index in [0.29, 0.717) is 12.2 Å². The molecule has 0 spiro atoms. The van der Waals surface area contributed by atoms with E-state index in [1.807, 2.05) is 24.3 Å². The number of rotatable bonds is 6. The maximum atomic E-state index is 12.9. The Labute approximate surface area is 152 Å². The molecule has 1 heterocycles. The number of carbonyl (C=O) groups excluding carboxylic acids is 1. The van der Waals surface area contributed by atoms with E-state index >= 15 is 0 Å². The van der Waals surface area contributed by atoms with Gasteiger partial charge in [-0.25, -0.2) is 4.39 Å². The fourth-order valence-electron chi connectivity index (χ4n) is 2.59. The largest absolute Gasteiger partial charge is 0.378 e. The number of hydrogen-bond donors (Lipinski definition) is 2. The summed E-state index contributed by atoms with van der Waals surface area (Å²) in [4.78, 5) is 16.5. The lowest BCUT2D eigenvalue weighted by molar-refractivity contribution is 0.0946. The number of benzene rings is 2. The summed E-state index contributed by atoms with van der Waals surface area (Å²) in [5.74, 6) is -0.571. The summed E-state index contributed by atoms with van der Waals surface area (Å²) in [7, 11) is 0. The highest BCUT2D eigenvalue weighted by molar-refractivity contribution is 5.93. The van der Waals surface area contributed by atoms with Crippen molar-refractivity contribution in [3.05, 3.63) is 95.6 Å². The quantitative estimate of drug-likeness (QED) is 0.697. The monoisotopic (exact) mass is 349 g/mol. The van der Waals surface area contributed by atoms with Crippen molar-refractivity contribution in [2.75, 3.05) is 5.32 Å². The van der Waals surface area contributed by atoms with Gasteiger partial charge in [0.2, 0.25) is 0 Å². The van der Waals surface area contributed by atoms with Crippen molar-refractivity contribution in [1.29, 1.82) is 0 Å². The molecule has 26 heavy (non-hydrogen) atoms. The first-order valence-electron chi connectivity index (χ1n) is 8.42. The van der Waals surface area contributed by atoms with Gasteiger partial charge in [0.25, 0.3) is 5.91 Å². The van der Waals surface area contributed by atoms with Crippen molar-refractivity contribution >= 4 is 11.6 Å². The minimum atomic E-state index is -0.298. The molecular formula is C21H20FN3O. The highest BCUT2D eigenvalue weighted by Crippen LogP contribution is 2.19. The van der Waals surface area contributed by atoms with E-state index in [1.54, 1.807) is 24.4 Å². The van der Waals surface area contributed by atoms with Gasteiger partial charge < -0.3 is 10.6 Å². The second-order valence-corrected chi connectivity index (χ2v) is 6.02. The van der Waals surface area contributed by atoms with Gasteiger partial charge in [0, 0.05) is 24.5 Å². The van der Waals surface area contributed by atoms with Crippen LogP contribution >= 0.6 is 0 Å². The third-order valence-corrected chi connectivity index (χ3v) is 4.04. The molecule has 0 saturated carbocycles. The van der Waals surface area contributed by atoms with Gasteiger partial charge in [-0.1, -0.05) is 42.5 Å². The third kappa shape index (κ3) is 4.66. The Balaban J connectivity index is 1.62. The molecule has 5 heteroatoms. The van der Waals surface area contributed by atoms with Crippen LogP contribution in [0.3, 0.4) is 0 Å². The van der Waals surface area contributed by atoms with Gasteiger partial charge in [0.05, 0.1) is 0 Å². The molecule has 0 saturated heterocycles. The first kappa shape index (κ1) is 17.6. The fraction of sp³-hybridized carbons (Fsp3) is 0.143. The van der Waals surface area contributed by atoms with E-state index in [0.717, 1.165) is 16.8 Å². The van der Waals surface area contributed by atoms with E-state index in [4.69, 9.17) is 0 Å². The van der Waals surface area contributed by atoms with Crippen LogP contribution in [-0.2, 0) is 6.54 Å². The maximum absolute atomic E-state index is 12.9. The summed E-state index contributed by atoms with van der Waals surface area (Å²) in [6, 6.07) is 19.7. The zero-order valence-corrected chi connectivity index (χ0v) is 14.4. The van der Waals surface area contributed by atoms with Gasteiger partial charge in [-0.2, -0.15) is 0 Å². The minimum absolute atomic E-state index is 0.105. The minimum Gasteiger partial charge on any atom is -0.378 e. The average molecular weight is 349 g/mol. The van der Waals surface area contributed by atoms with Gasteiger partial charge in [-0.3, -0.25) is 9.78 Å². The number of halogens is 1. The number of carbonyl (C=O) groups is 1. The Morgan fingerprint density at radius 3 is 2.54 bits per heavy atom. The predicted octanol–water partition coefficient (Wildman–Crippen LogP) is 4.32. The Bertz CT molecular complexity index is 866. The Morgan fingerprint density at radius 2 is 1.81 bits per heavy atom. The Hall–Kier alpha value is -3.21. The van der Waals surface area contributed by atoms with E-state index in [1.165, 1.54) is 12.1 Å². The van der Waals surface area contributed by atoms with Crippen molar-refractivity contribution in [3.63, 3.8) is 0 Å². The number of nitrogens with one attached hydrogen (secondary N) is 2. The lowest BCUT2D eigenvalue weighted by Gasteiger charge is -2.16. The number of aromatic nitrogens is 1. The molecular weight excluding hydrogens is 329 g/mol. The van der Waals surface area contributed by atoms with Gasteiger partial charge in [0.15, 0.2) is 0 Å². The lowest BCUT2D eigenvalue weighted by Crippen LogP contribution is -2.24. The molecule has 0 bridgehead atoms. The van der Waals surface area contributed by atoms with Crippen molar-refractivity contribution < 1.29 is 9.18 Å². The topological polar surface area (TPSA) is 54.0 Å². The normalized spacial score (nSPS) is 11.6. The van der Waals surface area contributed by atoms with E-state index in [9.17, 15) is 9.18 Å². The molecule has 2 N–H and O–H groups in total. The van der Waals surface area contributed by atoms with Gasteiger partial charge in [-0.05, 0) is 42.3 Å². The number of hydrogen-bond acceptors (Lipinski definition) is 3. The van der Waals surface area contributed by atoms with Crippen LogP contribution in [-0.4, -0.2) is 10.9 Å². The van der Waals surface area contributed by atoms with Crippen LogP contribution in [0.4, 0.5) is 10.1 Å².